The Morgan fingerprint density at radius 2 is 2.08 bits per heavy atom. The standard InChI is InChI=1S/C18H22N4O2/c1-2-15-11-16(21-17(20-15)14-3-6-19-7-4-14)22-8-10-24-18(12-22)5-9-23-13-18/h3-4,6-7,11H,2,5,8-10,12-13H2,1H3. The smallest absolute Gasteiger partial charge is 0.161 e. The molecule has 4 rings (SSSR count). The van der Waals surface area contributed by atoms with Gasteiger partial charge in [0.25, 0.3) is 0 Å². The molecule has 1 unspecified atom stereocenters. The average molecular weight is 326 g/mol. The van der Waals surface area contributed by atoms with E-state index in [0.29, 0.717) is 13.2 Å². The number of pyridine rings is 1. The van der Waals surface area contributed by atoms with Crippen LogP contribution in [0.5, 0.6) is 0 Å². The molecule has 6 nitrogen and oxygen atoms in total. The van der Waals surface area contributed by atoms with Gasteiger partial charge in [-0.05, 0) is 18.6 Å². The number of hydrogen-bond donors (Lipinski definition) is 0. The van der Waals surface area contributed by atoms with Crippen molar-refractivity contribution in [2.45, 2.75) is 25.4 Å². The highest BCUT2D eigenvalue weighted by Crippen LogP contribution is 2.30. The second-order valence-electron chi connectivity index (χ2n) is 6.39. The van der Waals surface area contributed by atoms with Crippen LogP contribution in [-0.4, -0.2) is 53.5 Å². The van der Waals surface area contributed by atoms with E-state index < -0.39 is 0 Å². The number of rotatable bonds is 3. The van der Waals surface area contributed by atoms with E-state index in [1.54, 1.807) is 12.4 Å². The summed E-state index contributed by atoms with van der Waals surface area (Å²) < 4.78 is 11.6. The molecule has 24 heavy (non-hydrogen) atoms. The van der Waals surface area contributed by atoms with Gasteiger partial charge < -0.3 is 14.4 Å². The van der Waals surface area contributed by atoms with Crippen molar-refractivity contribution in [2.75, 3.05) is 37.8 Å². The first kappa shape index (κ1) is 15.5. The van der Waals surface area contributed by atoms with E-state index in [9.17, 15) is 0 Å². The van der Waals surface area contributed by atoms with Crippen molar-refractivity contribution in [3.63, 3.8) is 0 Å². The predicted molar refractivity (Wildman–Crippen MR) is 91.0 cm³/mol. The molecule has 0 radical (unpaired) electrons. The molecule has 2 aromatic rings. The molecule has 2 aliphatic heterocycles. The monoisotopic (exact) mass is 326 g/mol. The van der Waals surface area contributed by atoms with Gasteiger partial charge in [-0.1, -0.05) is 6.92 Å². The van der Waals surface area contributed by atoms with E-state index in [2.05, 4.69) is 27.9 Å². The fourth-order valence-corrected chi connectivity index (χ4v) is 3.32. The normalized spacial score (nSPS) is 23.8. The maximum Gasteiger partial charge on any atom is 0.161 e. The molecular formula is C18H22N4O2. The second-order valence-corrected chi connectivity index (χ2v) is 6.39. The van der Waals surface area contributed by atoms with Gasteiger partial charge in [-0.3, -0.25) is 4.98 Å². The molecule has 2 aromatic heterocycles. The Kier molecular flexibility index (Phi) is 4.16. The van der Waals surface area contributed by atoms with Crippen LogP contribution in [0.15, 0.2) is 30.6 Å². The number of ether oxygens (including phenoxy) is 2. The summed E-state index contributed by atoms with van der Waals surface area (Å²) in [5.74, 6) is 1.73. The molecule has 0 N–H and O–H groups in total. The molecule has 1 atom stereocenters. The summed E-state index contributed by atoms with van der Waals surface area (Å²) in [6.07, 6.45) is 5.38. The van der Waals surface area contributed by atoms with Crippen LogP contribution < -0.4 is 4.90 Å². The van der Waals surface area contributed by atoms with Gasteiger partial charge in [0.1, 0.15) is 11.4 Å². The molecule has 0 saturated carbocycles. The van der Waals surface area contributed by atoms with Gasteiger partial charge in [0.2, 0.25) is 0 Å². The zero-order valence-corrected chi connectivity index (χ0v) is 13.9. The zero-order valence-electron chi connectivity index (χ0n) is 13.9. The zero-order chi connectivity index (χ0) is 16.4. The van der Waals surface area contributed by atoms with Crippen molar-refractivity contribution in [3.8, 4) is 11.4 Å². The third-order valence-corrected chi connectivity index (χ3v) is 4.71. The lowest BCUT2D eigenvalue weighted by Gasteiger charge is -2.40. The van der Waals surface area contributed by atoms with Crippen LogP contribution in [0.1, 0.15) is 19.0 Å². The minimum Gasteiger partial charge on any atom is -0.378 e. The molecule has 6 heteroatoms. The highest BCUT2D eigenvalue weighted by molar-refractivity contribution is 5.57. The fraction of sp³-hybridized carbons (Fsp3) is 0.500. The molecule has 2 fully saturated rings. The van der Waals surface area contributed by atoms with Crippen LogP contribution >= 0.6 is 0 Å². The first-order chi connectivity index (χ1) is 11.8. The lowest BCUT2D eigenvalue weighted by Crippen LogP contribution is -2.52. The van der Waals surface area contributed by atoms with E-state index in [-0.39, 0.29) is 5.60 Å². The summed E-state index contributed by atoms with van der Waals surface area (Å²) in [6, 6.07) is 5.99. The largest absolute Gasteiger partial charge is 0.378 e. The summed E-state index contributed by atoms with van der Waals surface area (Å²) in [4.78, 5) is 15.9. The minimum absolute atomic E-state index is 0.174. The highest BCUT2D eigenvalue weighted by Gasteiger charge is 2.40. The first-order valence-electron chi connectivity index (χ1n) is 8.53. The van der Waals surface area contributed by atoms with Crippen LogP contribution in [0.2, 0.25) is 0 Å². The molecule has 0 amide bonds. The van der Waals surface area contributed by atoms with Gasteiger partial charge in [0.15, 0.2) is 5.82 Å². The van der Waals surface area contributed by atoms with Gasteiger partial charge in [-0.15, -0.1) is 0 Å². The lowest BCUT2D eigenvalue weighted by atomic mass is 10.0. The topological polar surface area (TPSA) is 60.4 Å². The molecule has 2 aliphatic rings. The SMILES string of the molecule is CCc1cc(N2CCOC3(CCOC3)C2)nc(-c2ccncc2)n1. The van der Waals surface area contributed by atoms with Crippen LogP contribution in [0.25, 0.3) is 11.4 Å². The number of aromatic nitrogens is 3. The maximum atomic E-state index is 6.03. The van der Waals surface area contributed by atoms with Crippen molar-refractivity contribution in [1.82, 2.24) is 15.0 Å². The van der Waals surface area contributed by atoms with Crippen LogP contribution in [0.3, 0.4) is 0 Å². The molecular weight excluding hydrogens is 304 g/mol. The summed E-state index contributed by atoms with van der Waals surface area (Å²) in [7, 11) is 0. The number of nitrogens with zero attached hydrogens (tertiary/aromatic N) is 4. The molecule has 0 aliphatic carbocycles. The van der Waals surface area contributed by atoms with E-state index in [1.807, 2.05) is 12.1 Å². The Morgan fingerprint density at radius 3 is 2.83 bits per heavy atom. The number of morpholine rings is 1. The molecule has 0 bridgehead atoms. The fourth-order valence-electron chi connectivity index (χ4n) is 3.32. The summed E-state index contributed by atoms with van der Waals surface area (Å²) in [5, 5.41) is 0. The predicted octanol–water partition coefficient (Wildman–Crippen LogP) is 2.10. The summed E-state index contributed by atoms with van der Waals surface area (Å²) in [5.41, 5.74) is 1.87. The average Bonchev–Trinajstić information content (AvgIpc) is 3.09. The Morgan fingerprint density at radius 1 is 1.21 bits per heavy atom. The van der Waals surface area contributed by atoms with E-state index in [4.69, 9.17) is 14.5 Å². The maximum absolute atomic E-state index is 6.03. The third kappa shape index (κ3) is 2.99. The van der Waals surface area contributed by atoms with Gasteiger partial charge in [-0.25, -0.2) is 9.97 Å². The molecule has 4 heterocycles. The Balaban J connectivity index is 1.67. The summed E-state index contributed by atoms with van der Waals surface area (Å²) in [6.45, 7) is 5.95. The second kappa shape index (κ2) is 6.45. The number of hydrogen-bond acceptors (Lipinski definition) is 6. The van der Waals surface area contributed by atoms with Gasteiger partial charge in [-0.2, -0.15) is 0 Å². The quantitative estimate of drug-likeness (QED) is 0.861. The van der Waals surface area contributed by atoms with Gasteiger partial charge in [0, 0.05) is 49.3 Å². The van der Waals surface area contributed by atoms with Crippen molar-refractivity contribution >= 4 is 5.82 Å². The third-order valence-electron chi connectivity index (χ3n) is 4.71. The van der Waals surface area contributed by atoms with Crippen LogP contribution in [-0.2, 0) is 15.9 Å². The van der Waals surface area contributed by atoms with Crippen LogP contribution in [0.4, 0.5) is 5.82 Å². The minimum atomic E-state index is -0.174. The Labute approximate surface area is 141 Å². The molecule has 0 aromatic carbocycles. The highest BCUT2D eigenvalue weighted by atomic mass is 16.6. The van der Waals surface area contributed by atoms with Crippen molar-refractivity contribution < 1.29 is 9.47 Å². The first-order valence-corrected chi connectivity index (χ1v) is 8.53. The van der Waals surface area contributed by atoms with E-state index in [1.165, 1.54) is 0 Å². The van der Waals surface area contributed by atoms with E-state index >= 15 is 0 Å². The molecule has 126 valence electrons. The Bertz CT molecular complexity index is 701. The lowest BCUT2D eigenvalue weighted by molar-refractivity contribution is -0.0581. The number of aryl methyl sites for hydroxylation is 1. The van der Waals surface area contributed by atoms with Gasteiger partial charge in [0.05, 0.1) is 19.8 Å². The summed E-state index contributed by atoms with van der Waals surface area (Å²) >= 11 is 0. The van der Waals surface area contributed by atoms with Gasteiger partial charge >= 0.3 is 0 Å². The number of anilines is 1. The Hall–Kier alpha value is -2.05. The van der Waals surface area contributed by atoms with E-state index in [0.717, 1.165) is 55.4 Å². The van der Waals surface area contributed by atoms with Crippen molar-refractivity contribution in [3.05, 3.63) is 36.3 Å². The molecule has 1 spiro atoms. The van der Waals surface area contributed by atoms with Crippen LogP contribution in [0, 0.1) is 0 Å². The molecule has 2 saturated heterocycles. The van der Waals surface area contributed by atoms with Crippen molar-refractivity contribution in [1.29, 1.82) is 0 Å². The van der Waals surface area contributed by atoms with Crippen molar-refractivity contribution in [2.24, 2.45) is 0 Å².